The number of amides is 2. The van der Waals surface area contributed by atoms with Crippen LogP contribution in [0.25, 0.3) is 0 Å². The first-order chi connectivity index (χ1) is 10.1. The molecule has 1 aromatic carbocycles. The number of carbonyl (C=O) groups is 2. The van der Waals surface area contributed by atoms with Gasteiger partial charge in [-0.05, 0) is 36.3 Å². The van der Waals surface area contributed by atoms with Gasteiger partial charge in [0, 0.05) is 18.7 Å². The van der Waals surface area contributed by atoms with Crippen LogP contribution in [-0.2, 0) is 16.0 Å². The minimum absolute atomic E-state index is 0.0181. The van der Waals surface area contributed by atoms with Crippen molar-refractivity contribution >= 4 is 17.5 Å². The van der Waals surface area contributed by atoms with Crippen LogP contribution >= 0.6 is 0 Å². The van der Waals surface area contributed by atoms with Crippen LogP contribution in [0.5, 0.6) is 5.75 Å². The number of carbonyl (C=O) groups excluding carboxylic acids is 2. The summed E-state index contributed by atoms with van der Waals surface area (Å²) in [6.07, 6.45) is 1.48. The third-order valence-corrected chi connectivity index (χ3v) is 3.11. The number of nitrogens with one attached hydrogen (secondary N) is 2. The smallest absolute Gasteiger partial charge is 0.243 e. The Hall–Kier alpha value is -2.34. The van der Waals surface area contributed by atoms with Crippen LogP contribution in [0, 0.1) is 0 Å². The van der Waals surface area contributed by atoms with E-state index < -0.39 is 6.10 Å². The molecule has 1 aliphatic rings. The van der Waals surface area contributed by atoms with E-state index in [0.717, 1.165) is 17.3 Å². The SMILES string of the molecule is C=CC(=O)NCC(O)COc1ccc2c(c1)CCC(=O)N2. The van der Waals surface area contributed by atoms with E-state index in [2.05, 4.69) is 17.2 Å². The fraction of sp³-hybridized carbons (Fsp3) is 0.333. The molecule has 1 aromatic rings. The lowest BCUT2D eigenvalue weighted by molar-refractivity contribution is -0.117. The molecule has 0 aliphatic carbocycles. The summed E-state index contributed by atoms with van der Waals surface area (Å²) in [5.74, 6) is 0.308. The zero-order valence-electron chi connectivity index (χ0n) is 11.6. The molecule has 3 N–H and O–H groups in total. The van der Waals surface area contributed by atoms with Gasteiger partial charge >= 0.3 is 0 Å². The summed E-state index contributed by atoms with van der Waals surface area (Å²) in [5.41, 5.74) is 1.82. The fourth-order valence-electron chi connectivity index (χ4n) is 1.99. The molecule has 0 bridgehead atoms. The van der Waals surface area contributed by atoms with Crippen molar-refractivity contribution in [2.75, 3.05) is 18.5 Å². The zero-order valence-corrected chi connectivity index (χ0v) is 11.6. The van der Waals surface area contributed by atoms with Crippen LogP contribution in [-0.4, -0.2) is 36.2 Å². The number of hydrogen-bond donors (Lipinski definition) is 3. The third-order valence-electron chi connectivity index (χ3n) is 3.11. The summed E-state index contributed by atoms with van der Waals surface area (Å²) in [4.78, 5) is 22.2. The summed E-state index contributed by atoms with van der Waals surface area (Å²) in [6, 6.07) is 5.37. The quantitative estimate of drug-likeness (QED) is 0.670. The maximum Gasteiger partial charge on any atom is 0.243 e. The number of anilines is 1. The number of aryl methyl sites for hydroxylation is 1. The standard InChI is InChI=1S/C15H18N2O4/c1-2-14(19)16-8-11(18)9-21-12-4-5-13-10(7-12)3-6-15(20)17-13/h2,4-5,7,11,18H,1,3,6,8-9H2,(H,16,19)(H,17,20). The van der Waals surface area contributed by atoms with Gasteiger partial charge in [0.25, 0.3) is 0 Å². The van der Waals surface area contributed by atoms with Crippen LogP contribution in [0.3, 0.4) is 0 Å². The lowest BCUT2D eigenvalue weighted by atomic mass is 10.0. The van der Waals surface area contributed by atoms with Gasteiger partial charge in [-0.25, -0.2) is 0 Å². The Morgan fingerprint density at radius 3 is 3.10 bits per heavy atom. The molecule has 6 nitrogen and oxygen atoms in total. The first-order valence-corrected chi connectivity index (χ1v) is 6.72. The van der Waals surface area contributed by atoms with Crippen molar-refractivity contribution in [2.45, 2.75) is 18.9 Å². The molecule has 1 atom stereocenters. The van der Waals surface area contributed by atoms with Gasteiger partial charge in [0.15, 0.2) is 0 Å². The highest BCUT2D eigenvalue weighted by atomic mass is 16.5. The lowest BCUT2D eigenvalue weighted by Gasteiger charge is -2.18. The Morgan fingerprint density at radius 2 is 2.33 bits per heavy atom. The zero-order chi connectivity index (χ0) is 15.2. The Bertz CT molecular complexity index is 557. The summed E-state index contributed by atoms with van der Waals surface area (Å²) in [5, 5.41) is 15.0. The van der Waals surface area contributed by atoms with Crippen molar-refractivity contribution in [2.24, 2.45) is 0 Å². The van der Waals surface area contributed by atoms with Crippen molar-refractivity contribution < 1.29 is 19.4 Å². The van der Waals surface area contributed by atoms with E-state index in [1.807, 2.05) is 6.07 Å². The van der Waals surface area contributed by atoms with E-state index in [1.54, 1.807) is 12.1 Å². The van der Waals surface area contributed by atoms with Crippen LogP contribution in [0.4, 0.5) is 5.69 Å². The second kappa shape index (κ2) is 6.90. The van der Waals surface area contributed by atoms with Gasteiger partial charge in [-0.15, -0.1) is 0 Å². The van der Waals surface area contributed by atoms with Gasteiger partial charge in [-0.3, -0.25) is 9.59 Å². The van der Waals surface area contributed by atoms with E-state index in [9.17, 15) is 14.7 Å². The summed E-state index contributed by atoms with van der Waals surface area (Å²) in [7, 11) is 0. The van der Waals surface area contributed by atoms with Crippen LogP contribution in [0.1, 0.15) is 12.0 Å². The maximum atomic E-state index is 11.3. The first kappa shape index (κ1) is 15.1. The van der Waals surface area contributed by atoms with Gasteiger partial charge in [-0.2, -0.15) is 0 Å². The van der Waals surface area contributed by atoms with E-state index in [1.165, 1.54) is 0 Å². The van der Waals surface area contributed by atoms with Crippen molar-refractivity contribution in [1.29, 1.82) is 0 Å². The van der Waals surface area contributed by atoms with Crippen molar-refractivity contribution in [3.05, 3.63) is 36.4 Å². The molecule has 0 spiro atoms. The first-order valence-electron chi connectivity index (χ1n) is 6.72. The molecule has 0 saturated heterocycles. The van der Waals surface area contributed by atoms with Gasteiger partial charge in [-0.1, -0.05) is 6.58 Å². The van der Waals surface area contributed by atoms with E-state index in [4.69, 9.17) is 4.74 Å². The van der Waals surface area contributed by atoms with Gasteiger partial charge in [0.2, 0.25) is 11.8 Å². The molecule has 2 rings (SSSR count). The number of hydrogen-bond acceptors (Lipinski definition) is 4. The van der Waals surface area contributed by atoms with Crippen molar-refractivity contribution in [3.8, 4) is 5.75 Å². The van der Waals surface area contributed by atoms with Gasteiger partial charge in [0.05, 0.1) is 0 Å². The van der Waals surface area contributed by atoms with E-state index >= 15 is 0 Å². The molecule has 2 amide bonds. The Kier molecular flexibility index (Phi) is 4.94. The fourth-order valence-corrected chi connectivity index (χ4v) is 1.99. The molecule has 1 aliphatic heterocycles. The number of rotatable bonds is 6. The summed E-state index contributed by atoms with van der Waals surface area (Å²) in [6.45, 7) is 3.50. The topological polar surface area (TPSA) is 87.7 Å². The molecular formula is C15H18N2O4. The largest absolute Gasteiger partial charge is 0.491 e. The Balaban J connectivity index is 1.85. The van der Waals surface area contributed by atoms with Crippen LogP contribution in [0.15, 0.2) is 30.9 Å². The molecule has 0 radical (unpaired) electrons. The highest BCUT2D eigenvalue weighted by molar-refractivity contribution is 5.94. The summed E-state index contributed by atoms with van der Waals surface area (Å²) < 4.78 is 5.49. The summed E-state index contributed by atoms with van der Waals surface area (Å²) >= 11 is 0. The number of aliphatic hydroxyl groups is 1. The number of benzene rings is 1. The minimum Gasteiger partial charge on any atom is -0.491 e. The van der Waals surface area contributed by atoms with E-state index in [-0.39, 0.29) is 25.0 Å². The third kappa shape index (κ3) is 4.32. The number of ether oxygens (including phenoxy) is 1. The molecule has 1 unspecified atom stereocenters. The highest BCUT2D eigenvalue weighted by Crippen LogP contribution is 2.26. The molecule has 6 heteroatoms. The van der Waals surface area contributed by atoms with Gasteiger partial charge < -0.3 is 20.5 Å². The molecular weight excluding hydrogens is 272 g/mol. The van der Waals surface area contributed by atoms with Crippen molar-refractivity contribution in [1.82, 2.24) is 5.32 Å². The van der Waals surface area contributed by atoms with Crippen LogP contribution < -0.4 is 15.4 Å². The van der Waals surface area contributed by atoms with Gasteiger partial charge in [0.1, 0.15) is 18.5 Å². The lowest BCUT2D eigenvalue weighted by Crippen LogP contribution is -2.34. The number of aliphatic hydroxyl groups excluding tert-OH is 1. The molecule has 112 valence electrons. The average Bonchev–Trinajstić information content (AvgIpc) is 2.50. The second-order valence-electron chi connectivity index (χ2n) is 4.78. The Morgan fingerprint density at radius 1 is 1.52 bits per heavy atom. The monoisotopic (exact) mass is 290 g/mol. The van der Waals surface area contributed by atoms with E-state index in [0.29, 0.717) is 18.6 Å². The van der Waals surface area contributed by atoms with Crippen molar-refractivity contribution in [3.63, 3.8) is 0 Å². The predicted octanol–water partition coefficient (Wildman–Crippen LogP) is 0.613. The number of fused-ring (bicyclic) bond motifs is 1. The molecule has 0 aromatic heterocycles. The molecule has 21 heavy (non-hydrogen) atoms. The molecule has 0 saturated carbocycles. The maximum absolute atomic E-state index is 11.3. The normalized spacial score (nSPS) is 14.6. The molecule has 0 fully saturated rings. The minimum atomic E-state index is -0.801. The second-order valence-corrected chi connectivity index (χ2v) is 4.78. The molecule has 1 heterocycles. The Labute approximate surface area is 122 Å². The predicted molar refractivity (Wildman–Crippen MR) is 78.1 cm³/mol. The van der Waals surface area contributed by atoms with Crippen LogP contribution in [0.2, 0.25) is 0 Å². The average molecular weight is 290 g/mol. The highest BCUT2D eigenvalue weighted by Gasteiger charge is 2.15.